The molecule has 0 aromatic heterocycles. The topological polar surface area (TPSA) is 41.1 Å². The number of anilines is 2. The summed E-state index contributed by atoms with van der Waals surface area (Å²) < 4.78 is 0. The summed E-state index contributed by atoms with van der Waals surface area (Å²) in [6, 6.07) is 16.2. The standard InChI is InChI=1S/C18H22N2O/c1-13(2)18(21)20-17-6-4-5-16(11-17)19-12-15-9-7-14(3)8-10-15/h4-11,13,19H,12H2,1-3H3,(H,20,21). The van der Waals surface area contributed by atoms with Gasteiger partial charge in [-0.2, -0.15) is 0 Å². The summed E-state index contributed by atoms with van der Waals surface area (Å²) in [5, 5.41) is 6.28. The summed E-state index contributed by atoms with van der Waals surface area (Å²) in [7, 11) is 0. The zero-order chi connectivity index (χ0) is 15.2. The number of hydrogen-bond donors (Lipinski definition) is 2. The van der Waals surface area contributed by atoms with Crippen LogP contribution in [0.4, 0.5) is 11.4 Å². The highest BCUT2D eigenvalue weighted by Crippen LogP contribution is 2.17. The Morgan fingerprint density at radius 1 is 1.05 bits per heavy atom. The van der Waals surface area contributed by atoms with Crippen molar-refractivity contribution in [2.24, 2.45) is 5.92 Å². The summed E-state index contributed by atoms with van der Waals surface area (Å²) in [6.45, 7) is 6.61. The van der Waals surface area contributed by atoms with E-state index in [2.05, 4.69) is 41.8 Å². The van der Waals surface area contributed by atoms with Crippen molar-refractivity contribution in [2.75, 3.05) is 10.6 Å². The molecule has 0 radical (unpaired) electrons. The normalized spacial score (nSPS) is 10.5. The predicted molar refractivity (Wildman–Crippen MR) is 88.4 cm³/mol. The zero-order valence-electron chi connectivity index (χ0n) is 12.8. The first-order chi connectivity index (χ1) is 10.0. The van der Waals surface area contributed by atoms with Crippen LogP contribution in [0.2, 0.25) is 0 Å². The lowest BCUT2D eigenvalue weighted by atomic mass is 10.1. The fourth-order valence-electron chi connectivity index (χ4n) is 1.90. The van der Waals surface area contributed by atoms with E-state index in [0.29, 0.717) is 0 Å². The number of nitrogens with one attached hydrogen (secondary N) is 2. The Balaban J connectivity index is 1.97. The van der Waals surface area contributed by atoms with Gasteiger partial charge in [0.05, 0.1) is 0 Å². The molecule has 0 saturated heterocycles. The van der Waals surface area contributed by atoms with Gasteiger partial charge in [-0.05, 0) is 30.7 Å². The minimum absolute atomic E-state index is 0.0193. The van der Waals surface area contributed by atoms with Gasteiger partial charge in [0.1, 0.15) is 0 Å². The van der Waals surface area contributed by atoms with Crippen molar-refractivity contribution in [3.63, 3.8) is 0 Å². The van der Waals surface area contributed by atoms with Crippen LogP contribution >= 0.6 is 0 Å². The largest absolute Gasteiger partial charge is 0.381 e. The third-order valence-corrected chi connectivity index (χ3v) is 3.27. The third kappa shape index (κ3) is 4.63. The van der Waals surface area contributed by atoms with Crippen LogP contribution in [0.5, 0.6) is 0 Å². The second-order valence-electron chi connectivity index (χ2n) is 5.56. The zero-order valence-corrected chi connectivity index (χ0v) is 12.8. The average molecular weight is 282 g/mol. The van der Waals surface area contributed by atoms with E-state index in [-0.39, 0.29) is 11.8 Å². The summed E-state index contributed by atoms with van der Waals surface area (Å²) >= 11 is 0. The van der Waals surface area contributed by atoms with Crippen molar-refractivity contribution in [3.05, 3.63) is 59.7 Å². The molecule has 3 nitrogen and oxygen atoms in total. The maximum atomic E-state index is 11.7. The monoisotopic (exact) mass is 282 g/mol. The van der Waals surface area contributed by atoms with Crippen molar-refractivity contribution in [1.82, 2.24) is 0 Å². The summed E-state index contributed by atoms with van der Waals surface area (Å²) in [5.74, 6) is 0.0138. The molecule has 0 unspecified atom stereocenters. The molecule has 0 saturated carbocycles. The van der Waals surface area contributed by atoms with Crippen molar-refractivity contribution in [2.45, 2.75) is 27.3 Å². The fourth-order valence-corrected chi connectivity index (χ4v) is 1.90. The first-order valence-corrected chi connectivity index (χ1v) is 7.25. The average Bonchev–Trinajstić information content (AvgIpc) is 2.47. The van der Waals surface area contributed by atoms with Gasteiger partial charge in [0.25, 0.3) is 0 Å². The molecule has 2 aromatic rings. The first-order valence-electron chi connectivity index (χ1n) is 7.25. The maximum absolute atomic E-state index is 11.7. The molecular formula is C18H22N2O. The minimum Gasteiger partial charge on any atom is -0.381 e. The van der Waals surface area contributed by atoms with Crippen LogP contribution in [0.25, 0.3) is 0 Å². The van der Waals surface area contributed by atoms with Gasteiger partial charge in [0.2, 0.25) is 5.91 Å². The Hall–Kier alpha value is -2.29. The SMILES string of the molecule is Cc1ccc(CNc2cccc(NC(=O)C(C)C)c2)cc1. The van der Waals surface area contributed by atoms with Crippen molar-refractivity contribution in [1.29, 1.82) is 0 Å². The number of rotatable bonds is 5. The van der Waals surface area contributed by atoms with Gasteiger partial charge in [-0.3, -0.25) is 4.79 Å². The van der Waals surface area contributed by atoms with E-state index in [1.165, 1.54) is 11.1 Å². The smallest absolute Gasteiger partial charge is 0.226 e. The van der Waals surface area contributed by atoms with Crippen LogP contribution in [0.3, 0.4) is 0 Å². The quantitative estimate of drug-likeness (QED) is 0.863. The Bertz CT molecular complexity index is 603. The van der Waals surface area contributed by atoms with E-state index >= 15 is 0 Å². The highest BCUT2D eigenvalue weighted by molar-refractivity contribution is 5.92. The molecule has 0 aliphatic carbocycles. The Kier molecular flexibility index (Phi) is 4.99. The number of carbonyl (C=O) groups excluding carboxylic acids is 1. The summed E-state index contributed by atoms with van der Waals surface area (Å²) in [4.78, 5) is 11.7. The third-order valence-electron chi connectivity index (χ3n) is 3.27. The van der Waals surface area contributed by atoms with Crippen LogP contribution in [0.15, 0.2) is 48.5 Å². The first kappa shape index (κ1) is 15.1. The minimum atomic E-state index is -0.0193. The lowest BCUT2D eigenvalue weighted by molar-refractivity contribution is -0.118. The van der Waals surface area contributed by atoms with Crippen molar-refractivity contribution >= 4 is 17.3 Å². The van der Waals surface area contributed by atoms with Crippen molar-refractivity contribution < 1.29 is 4.79 Å². The molecule has 21 heavy (non-hydrogen) atoms. The van der Waals surface area contributed by atoms with Crippen LogP contribution in [0.1, 0.15) is 25.0 Å². The van der Waals surface area contributed by atoms with Gasteiger partial charge >= 0.3 is 0 Å². The van der Waals surface area contributed by atoms with Crippen LogP contribution in [0, 0.1) is 12.8 Å². The number of carbonyl (C=O) groups is 1. The van der Waals surface area contributed by atoms with Gasteiger partial charge in [-0.15, -0.1) is 0 Å². The molecule has 3 heteroatoms. The van der Waals surface area contributed by atoms with Crippen LogP contribution in [-0.4, -0.2) is 5.91 Å². The highest BCUT2D eigenvalue weighted by Gasteiger charge is 2.07. The van der Waals surface area contributed by atoms with Crippen molar-refractivity contribution in [3.8, 4) is 0 Å². The molecule has 0 heterocycles. The van der Waals surface area contributed by atoms with E-state index in [1.54, 1.807) is 0 Å². The molecule has 0 fully saturated rings. The van der Waals surface area contributed by atoms with Gasteiger partial charge < -0.3 is 10.6 Å². The molecule has 0 aliphatic heterocycles. The second kappa shape index (κ2) is 6.93. The van der Waals surface area contributed by atoms with E-state index in [4.69, 9.17) is 0 Å². The molecule has 2 rings (SSSR count). The molecule has 0 bridgehead atoms. The Morgan fingerprint density at radius 2 is 1.71 bits per heavy atom. The Morgan fingerprint density at radius 3 is 2.38 bits per heavy atom. The van der Waals surface area contributed by atoms with E-state index < -0.39 is 0 Å². The fraction of sp³-hybridized carbons (Fsp3) is 0.278. The van der Waals surface area contributed by atoms with Gasteiger partial charge in [-0.1, -0.05) is 49.7 Å². The number of amides is 1. The van der Waals surface area contributed by atoms with E-state index in [1.807, 2.05) is 38.1 Å². The molecular weight excluding hydrogens is 260 g/mol. The molecule has 110 valence electrons. The lowest BCUT2D eigenvalue weighted by Crippen LogP contribution is -2.17. The molecule has 2 N–H and O–H groups in total. The van der Waals surface area contributed by atoms with Gasteiger partial charge in [0, 0.05) is 23.8 Å². The van der Waals surface area contributed by atoms with Gasteiger partial charge in [0.15, 0.2) is 0 Å². The van der Waals surface area contributed by atoms with E-state index in [9.17, 15) is 4.79 Å². The maximum Gasteiger partial charge on any atom is 0.226 e. The number of aryl methyl sites for hydroxylation is 1. The molecule has 1 amide bonds. The summed E-state index contributed by atoms with van der Waals surface area (Å²) in [6.07, 6.45) is 0. The van der Waals surface area contributed by atoms with Gasteiger partial charge in [-0.25, -0.2) is 0 Å². The number of hydrogen-bond acceptors (Lipinski definition) is 2. The van der Waals surface area contributed by atoms with Crippen LogP contribution in [-0.2, 0) is 11.3 Å². The van der Waals surface area contributed by atoms with Crippen LogP contribution < -0.4 is 10.6 Å². The summed E-state index contributed by atoms with van der Waals surface area (Å²) in [5.41, 5.74) is 4.31. The predicted octanol–water partition coefficient (Wildman–Crippen LogP) is 4.20. The second-order valence-corrected chi connectivity index (χ2v) is 5.56. The molecule has 2 aromatic carbocycles. The molecule has 0 spiro atoms. The highest BCUT2D eigenvalue weighted by atomic mass is 16.1. The lowest BCUT2D eigenvalue weighted by Gasteiger charge is -2.11. The van der Waals surface area contributed by atoms with E-state index in [0.717, 1.165) is 17.9 Å². The number of benzene rings is 2. The Labute approximate surface area is 126 Å². The molecule has 0 aliphatic rings. The molecule has 0 atom stereocenters.